The molecule has 3 heterocycles. The number of carbonyl (C=O) groups is 2. The summed E-state index contributed by atoms with van der Waals surface area (Å²) in [6.45, 7) is 3.57. The first-order chi connectivity index (χ1) is 14.6. The fourth-order valence-corrected chi connectivity index (χ4v) is 4.73. The van der Waals surface area contributed by atoms with Crippen molar-refractivity contribution in [3.8, 4) is 0 Å². The molecule has 1 atom stereocenters. The number of benzene rings is 2. The quantitative estimate of drug-likeness (QED) is 0.690. The van der Waals surface area contributed by atoms with Crippen LogP contribution in [0.1, 0.15) is 54.5 Å². The molecule has 154 valence electrons. The number of aromatic amines is 1. The van der Waals surface area contributed by atoms with Crippen molar-refractivity contribution in [2.45, 2.75) is 44.4 Å². The van der Waals surface area contributed by atoms with Crippen molar-refractivity contribution < 1.29 is 9.59 Å². The number of aromatic nitrogens is 2. The fraction of sp³-hybridized carbons (Fsp3) is 0.375. The molecule has 1 aromatic heterocycles. The summed E-state index contributed by atoms with van der Waals surface area (Å²) in [5.74, 6) is 1.31. The van der Waals surface area contributed by atoms with Crippen LogP contribution in [0.4, 0.5) is 5.69 Å². The number of imidazole rings is 1. The van der Waals surface area contributed by atoms with Crippen LogP contribution in [0, 0.1) is 6.92 Å². The average molecular weight is 402 g/mol. The largest absolute Gasteiger partial charge is 0.343 e. The van der Waals surface area contributed by atoms with Gasteiger partial charge in [-0.05, 0) is 55.5 Å². The maximum absolute atomic E-state index is 12.8. The molecule has 0 bridgehead atoms. The van der Waals surface area contributed by atoms with E-state index in [0.717, 1.165) is 54.0 Å². The van der Waals surface area contributed by atoms with Crippen molar-refractivity contribution in [3.05, 3.63) is 59.4 Å². The van der Waals surface area contributed by atoms with Gasteiger partial charge in [0.05, 0.1) is 17.0 Å². The van der Waals surface area contributed by atoms with Crippen LogP contribution >= 0.6 is 0 Å². The van der Waals surface area contributed by atoms with Crippen molar-refractivity contribution >= 4 is 28.5 Å². The average Bonchev–Trinajstić information content (AvgIpc) is 3.32. The van der Waals surface area contributed by atoms with E-state index in [1.54, 1.807) is 0 Å². The van der Waals surface area contributed by atoms with Gasteiger partial charge in [-0.1, -0.05) is 24.3 Å². The maximum Gasteiger partial charge on any atom is 0.232 e. The van der Waals surface area contributed by atoms with Crippen LogP contribution in [0.3, 0.4) is 0 Å². The molecule has 6 heteroatoms. The third kappa shape index (κ3) is 3.47. The Morgan fingerprint density at radius 3 is 2.80 bits per heavy atom. The molecule has 3 aromatic rings. The molecule has 2 aliphatic heterocycles. The van der Waals surface area contributed by atoms with E-state index in [1.807, 2.05) is 29.2 Å². The number of aryl methyl sites for hydroxylation is 1. The number of nitrogens with one attached hydrogen (secondary N) is 2. The number of hydrogen-bond donors (Lipinski definition) is 2. The molecule has 2 amide bonds. The maximum atomic E-state index is 12.8. The van der Waals surface area contributed by atoms with Crippen LogP contribution in [0.15, 0.2) is 42.5 Å². The predicted octanol–water partition coefficient (Wildman–Crippen LogP) is 4.09. The summed E-state index contributed by atoms with van der Waals surface area (Å²) in [5.41, 5.74) is 5.19. The monoisotopic (exact) mass is 402 g/mol. The summed E-state index contributed by atoms with van der Waals surface area (Å²) in [5, 5.41) is 2.91. The molecule has 5 rings (SSSR count). The van der Waals surface area contributed by atoms with Crippen molar-refractivity contribution in [3.63, 3.8) is 0 Å². The Morgan fingerprint density at radius 2 is 1.97 bits per heavy atom. The number of hydrogen-bond acceptors (Lipinski definition) is 3. The number of anilines is 1. The lowest BCUT2D eigenvalue weighted by atomic mass is 9.93. The number of carbonyl (C=O) groups excluding carboxylic acids is 2. The minimum absolute atomic E-state index is 0.00262. The molecule has 1 fully saturated rings. The molecule has 0 radical (unpaired) electrons. The Balaban J connectivity index is 1.17. The van der Waals surface area contributed by atoms with Crippen molar-refractivity contribution in [1.82, 2.24) is 14.9 Å². The zero-order valence-electron chi connectivity index (χ0n) is 17.1. The summed E-state index contributed by atoms with van der Waals surface area (Å²) in [7, 11) is 0. The van der Waals surface area contributed by atoms with Crippen molar-refractivity contribution in [1.29, 1.82) is 0 Å². The number of amides is 2. The first-order valence-electron chi connectivity index (χ1n) is 10.7. The number of fused-ring (bicyclic) bond motifs is 2. The highest BCUT2D eigenvalue weighted by Gasteiger charge is 2.31. The molecule has 0 unspecified atom stereocenters. The van der Waals surface area contributed by atoms with Gasteiger partial charge in [-0.2, -0.15) is 0 Å². The number of piperidine rings is 1. The highest BCUT2D eigenvalue weighted by molar-refractivity contribution is 6.03. The lowest BCUT2D eigenvalue weighted by molar-refractivity contribution is -0.132. The van der Waals surface area contributed by atoms with E-state index in [0.29, 0.717) is 18.8 Å². The smallest absolute Gasteiger partial charge is 0.232 e. The Kier molecular flexibility index (Phi) is 4.77. The van der Waals surface area contributed by atoms with Crippen LogP contribution < -0.4 is 5.32 Å². The lowest BCUT2D eigenvalue weighted by Crippen LogP contribution is -2.38. The number of rotatable bonds is 4. The first kappa shape index (κ1) is 18.9. The van der Waals surface area contributed by atoms with Gasteiger partial charge in [-0.25, -0.2) is 4.98 Å². The summed E-state index contributed by atoms with van der Waals surface area (Å²) >= 11 is 0. The van der Waals surface area contributed by atoms with Gasteiger partial charge in [0.15, 0.2) is 0 Å². The zero-order valence-corrected chi connectivity index (χ0v) is 17.1. The second-order valence-electron chi connectivity index (χ2n) is 8.47. The third-order valence-electron chi connectivity index (χ3n) is 6.45. The number of H-pyrrole nitrogens is 1. The van der Waals surface area contributed by atoms with E-state index in [2.05, 4.69) is 35.4 Å². The van der Waals surface area contributed by atoms with Gasteiger partial charge in [-0.15, -0.1) is 0 Å². The van der Waals surface area contributed by atoms with Gasteiger partial charge in [0, 0.05) is 31.1 Å². The predicted molar refractivity (Wildman–Crippen MR) is 116 cm³/mol. The van der Waals surface area contributed by atoms with Crippen LogP contribution in [0.2, 0.25) is 0 Å². The van der Waals surface area contributed by atoms with Gasteiger partial charge >= 0.3 is 0 Å². The third-order valence-corrected chi connectivity index (χ3v) is 6.45. The second-order valence-corrected chi connectivity index (χ2v) is 8.47. The van der Waals surface area contributed by atoms with E-state index in [4.69, 9.17) is 4.98 Å². The summed E-state index contributed by atoms with van der Waals surface area (Å²) in [6, 6.07) is 14.0. The molecule has 2 N–H and O–H groups in total. The highest BCUT2D eigenvalue weighted by atomic mass is 16.2. The summed E-state index contributed by atoms with van der Waals surface area (Å²) in [6.07, 6.45) is 2.79. The van der Waals surface area contributed by atoms with Gasteiger partial charge in [-0.3, -0.25) is 9.59 Å². The molecule has 0 saturated carbocycles. The Bertz CT molecular complexity index is 1110. The van der Waals surface area contributed by atoms with Crippen LogP contribution in [0.5, 0.6) is 0 Å². The molecule has 0 spiro atoms. The van der Waals surface area contributed by atoms with E-state index in [9.17, 15) is 9.59 Å². The normalized spacial score (nSPS) is 19.2. The topological polar surface area (TPSA) is 78.1 Å². The second kappa shape index (κ2) is 7.59. The first-order valence-corrected chi connectivity index (χ1v) is 10.7. The SMILES string of the molecule is Cc1ccc2nc(C3CCN(C(=O)CC[C@@H]4C(=O)Nc5ccccc54)CC3)[nH]c2c1. The lowest BCUT2D eigenvalue weighted by Gasteiger charge is -2.31. The van der Waals surface area contributed by atoms with Gasteiger partial charge < -0.3 is 15.2 Å². The van der Waals surface area contributed by atoms with Crippen LogP contribution in [-0.4, -0.2) is 39.8 Å². The van der Waals surface area contributed by atoms with E-state index in [1.165, 1.54) is 5.56 Å². The Morgan fingerprint density at radius 1 is 1.17 bits per heavy atom. The fourth-order valence-electron chi connectivity index (χ4n) is 4.73. The number of para-hydroxylation sites is 1. The van der Waals surface area contributed by atoms with Gasteiger partial charge in [0.1, 0.15) is 5.82 Å². The minimum Gasteiger partial charge on any atom is -0.343 e. The summed E-state index contributed by atoms with van der Waals surface area (Å²) < 4.78 is 0. The Labute approximate surface area is 175 Å². The van der Waals surface area contributed by atoms with Gasteiger partial charge in [0.25, 0.3) is 0 Å². The molecular formula is C24H26N4O2. The zero-order chi connectivity index (χ0) is 20.7. The molecular weight excluding hydrogens is 376 g/mol. The van der Waals surface area contributed by atoms with Gasteiger partial charge in [0.2, 0.25) is 11.8 Å². The molecule has 6 nitrogen and oxygen atoms in total. The minimum atomic E-state index is -0.221. The van der Waals surface area contributed by atoms with Crippen LogP contribution in [0.25, 0.3) is 11.0 Å². The number of nitrogens with zero attached hydrogens (tertiary/aromatic N) is 2. The molecule has 2 aliphatic rings. The highest BCUT2D eigenvalue weighted by Crippen LogP contribution is 2.35. The van der Waals surface area contributed by atoms with E-state index < -0.39 is 0 Å². The van der Waals surface area contributed by atoms with E-state index in [-0.39, 0.29) is 17.7 Å². The number of likely N-dealkylation sites (tertiary alicyclic amines) is 1. The van der Waals surface area contributed by atoms with Crippen LogP contribution in [-0.2, 0) is 9.59 Å². The molecule has 30 heavy (non-hydrogen) atoms. The molecule has 0 aliphatic carbocycles. The Hall–Kier alpha value is -3.15. The van der Waals surface area contributed by atoms with E-state index >= 15 is 0 Å². The summed E-state index contributed by atoms with van der Waals surface area (Å²) in [4.78, 5) is 35.2. The molecule has 2 aromatic carbocycles. The standard InChI is InChI=1S/C24H26N4O2/c1-15-6-8-20-21(14-15)26-23(25-20)16-10-12-28(13-11-16)22(29)9-7-18-17-4-2-3-5-19(17)27-24(18)30/h2-6,8,14,16,18H,7,9-13H2,1H3,(H,25,26)(H,27,30)/t18-/m0/s1. The van der Waals surface area contributed by atoms with Crippen molar-refractivity contribution in [2.24, 2.45) is 0 Å². The van der Waals surface area contributed by atoms with Crippen molar-refractivity contribution in [2.75, 3.05) is 18.4 Å². The molecule has 1 saturated heterocycles.